The van der Waals surface area contributed by atoms with E-state index in [0.29, 0.717) is 0 Å². The second-order valence-electron chi connectivity index (χ2n) is 3.87. The molecule has 0 unspecified atom stereocenters. The molecular weight excluding hydrogens is 194 g/mol. The predicted octanol–water partition coefficient (Wildman–Crippen LogP) is 2.42. The summed E-state index contributed by atoms with van der Waals surface area (Å²) in [5, 5.41) is 2.18. The highest BCUT2D eigenvalue weighted by atomic mass is 15.1. The smallest absolute Gasteiger partial charge is 0.0411 e. The monoisotopic (exact) mass is 213 g/mol. The van der Waals surface area contributed by atoms with E-state index in [4.69, 9.17) is 0 Å². The van der Waals surface area contributed by atoms with Crippen molar-refractivity contribution in [3.8, 4) is 0 Å². The van der Waals surface area contributed by atoms with Gasteiger partial charge in [-0.25, -0.2) is 0 Å². The number of nitrogens with zero attached hydrogens (tertiary/aromatic N) is 1. The summed E-state index contributed by atoms with van der Waals surface area (Å²) in [5.41, 5.74) is 2.16. The number of anilines is 1. The van der Waals surface area contributed by atoms with Crippen molar-refractivity contribution in [2.75, 3.05) is 11.9 Å². The zero-order valence-electron chi connectivity index (χ0n) is 10.3. The predicted molar refractivity (Wildman–Crippen MR) is 73.7 cm³/mol. The lowest BCUT2D eigenvalue weighted by Gasteiger charge is -2.18. The third kappa shape index (κ3) is 2.86. The maximum atomic E-state index is 4.01. The summed E-state index contributed by atoms with van der Waals surface area (Å²) >= 11 is 0. The van der Waals surface area contributed by atoms with Crippen LogP contribution >= 0.6 is 0 Å². The minimum absolute atomic E-state index is 1.02. The van der Waals surface area contributed by atoms with Crippen molar-refractivity contribution < 1.29 is 0 Å². The molecule has 0 amide bonds. The van der Waals surface area contributed by atoms with Gasteiger partial charge in [0.05, 0.1) is 0 Å². The average Bonchev–Trinajstić information content (AvgIpc) is 2.27. The second-order valence-corrected chi connectivity index (χ2v) is 3.87. The largest absolute Gasteiger partial charge is 0.349 e. The molecule has 1 aromatic carbocycles. The minimum atomic E-state index is 1.02. The Morgan fingerprint density at radius 1 is 1.38 bits per heavy atom. The van der Waals surface area contributed by atoms with Crippen molar-refractivity contribution in [2.45, 2.75) is 13.8 Å². The van der Waals surface area contributed by atoms with Crippen LogP contribution in [0.3, 0.4) is 0 Å². The lowest BCUT2D eigenvalue weighted by atomic mass is 10.2. The van der Waals surface area contributed by atoms with Gasteiger partial charge in [0.15, 0.2) is 0 Å². The van der Waals surface area contributed by atoms with Gasteiger partial charge in [-0.2, -0.15) is 0 Å². The second kappa shape index (κ2) is 5.36. The van der Waals surface area contributed by atoms with Crippen molar-refractivity contribution in [3.05, 3.63) is 53.1 Å². The highest BCUT2D eigenvalue weighted by Crippen LogP contribution is 2.11. The highest BCUT2D eigenvalue weighted by molar-refractivity contribution is 5.53. The van der Waals surface area contributed by atoms with E-state index in [-0.39, 0.29) is 0 Å². The van der Waals surface area contributed by atoms with E-state index in [1.54, 1.807) is 0 Å². The number of allylic oxidation sites excluding steroid dienone is 3. The fourth-order valence-corrected chi connectivity index (χ4v) is 1.37. The van der Waals surface area contributed by atoms with E-state index < -0.39 is 0 Å². The topological polar surface area (TPSA) is 3.24 Å². The zero-order chi connectivity index (χ0) is 12.1. The summed E-state index contributed by atoms with van der Waals surface area (Å²) in [6.07, 6.45) is 6.10. The van der Waals surface area contributed by atoms with Gasteiger partial charge in [0, 0.05) is 18.4 Å². The SMILES string of the molecule is C=C(C)N(C)c1ccc(=C)/c(=C\C=C/C)c1. The third-order valence-electron chi connectivity index (χ3n) is 2.56. The van der Waals surface area contributed by atoms with Crippen LogP contribution in [0.25, 0.3) is 12.7 Å². The van der Waals surface area contributed by atoms with E-state index in [0.717, 1.165) is 21.8 Å². The molecule has 0 saturated carbocycles. The van der Waals surface area contributed by atoms with Gasteiger partial charge in [0.25, 0.3) is 0 Å². The maximum Gasteiger partial charge on any atom is 0.0411 e. The fourth-order valence-electron chi connectivity index (χ4n) is 1.37. The normalized spacial score (nSPS) is 12.1. The first-order chi connectivity index (χ1) is 7.56. The summed E-state index contributed by atoms with van der Waals surface area (Å²) in [5.74, 6) is 0. The number of hydrogen-bond donors (Lipinski definition) is 0. The lowest BCUT2D eigenvalue weighted by Crippen LogP contribution is -2.25. The lowest BCUT2D eigenvalue weighted by molar-refractivity contribution is 1.10. The average molecular weight is 213 g/mol. The van der Waals surface area contributed by atoms with Crippen LogP contribution in [0.4, 0.5) is 5.69 Å². The molecule has 16 heavy (non-hydrogen) atoms. The molecule has 1 nitrogen and oxygen atoms in total. The van der Waals surface area contributed by atoms with Crippen LogP contribution in [0.5, 0.6) is 0 Å². The quantitative estimate of drug-likeness (QED) is 0.745. The van der Waals surface area contributed by atoms with Gasteiger partial charge < -0.3 is 4.90 Å². The molecular formula is C15H19N. The Morgan fingerprint density at radius 2 is 2.06 bits per heavy atom. The van der Waals surface area contributed by atoms with Gasteiger partial charge in [-0.15, -0.1) is 0 Å². The van der Waals surface area contributed by atoms with Crippen molar-refractivity contribution in [2.24, 2.45) is 0 Å². The van der Waals surface area contributed by atoms with Crippen molar-refractivity contribution in [1.82, 2.24) is 0 Å². The molecule has 0 aliphatic rings. The van der Waals surface area contributed by atoms with Gasteiger partial charge in [0.2, 0.25) is 0 Å². The molecule has 0 atom stereocenters. The van der Waals surface area contributed by atoms with Crippen LogP contribution in [0, 0.1) is 0 Å². The first-order valence-electron chi connectivity index (χ1n) is 5.37. The summed E-state index contributed by atoms with van der Waals surface area (Å²) in [6.45, 7) is 11.9. The Hall–Kier alpha value is -1.76. The Balaban J connectivity index is 3.28. The van der Waals surface area contributed by atoms with Crippen LogP contribution in [-0.4, -0.2) is 7.05 Å². The van der Waals surface area contributed by atoms with Gasteiger partial charge in [0.1, 0.15) is 0 Å². The van der Waals surface area contributed by atoms with Crippen LogP contribution in [-0.2, 0) is 0 Å². The summed E-state index contributed by atoms with van der Waals surface area (Å²) in [6, 6.07) is 6.21. The van der Waals surface area contributed by atoms with E-state index in [1.807, 2.05) is 39.1 Å². The molecule has 0 bridgehead atoms. The fraction of sp³-hybridized carbons (Fsp3) is 0.200. The highest BCUT2D eigenvalue weighted by Gasteiger charge is 1.99. The number of hydrogen-bond acceptors (Lipinski definition) is 1. The van der Waals surface area contributed by atoms with Gasteiger partial charge in [-0.3, -0.25) is 0 Å². The molecule has 1 aromatic rings. The number of rotatable bonds is 3. The van der Waals surface area contributed by atoms with Crippen LogP contribution < -0.4 is 15.3 Å². The summed E-state index contributed by atoms with van der Waals surface area (Å²) in [4.78, 5) is 2.06. The summed E-state index contributed by atoms with van der Waals surface area (Å²) < 4.78 is 0. The molecule has 0 N–H and O–H groups in total. The maximum absolute atomic E-state index is 4.01. The molecule has 0 radical (unpaired) electrons. The molecule has 0 spiro atoms. The van der Waals surface area contributed by atoms with Crippen molar-refractivity contribution in [3.63, 3.8) is 0 Å². The summed E-state index contributed by atoms with van der Waals surface area (Å²) in [7, 11) is 2.01. The van der Waals surface area contributed by atoms with E-state index >= 15 is 0 Å². The molecule has 0 aromatic heterocycles. The van der Waals surface area contributed by atoms with Gasteiger partial charge >= 0.3 is 0 Å². The van der Waals surface area contributed by atoms with Crippen LogP contribution in [0.2, 0.25) is 0 Å². The van der Waals surface area contributed by atoms with Crippen molar-refractivity contribution in [1.29, 1.82) is 0 Å². The first-order valence-corrected chi connectivity index (χ1v) is 5.37. The molecule has 1 rings (SSSR count). The first kappa shape index (κ1) is 12.3. The van der Waals surface area contributed by atoms with E-state index in [1.165, 1.54) is 0 Å². The molecule has 1 heteroatoms. The van der Waals surface area contributed by atoms with Crippen LogP contribution in [0.1, 0.15) is 13.8 Å². The Bertz CT molecular complexity index is 509. The van der Waals surface area contributed by atoms with Gasteiger partial charge in [-0.1, -0.05) is 37.5 Å². The Morgan fingerprint density at radius 3 is 2.62 bits per heavy atom. The van der Waals surface area contributed by atoms with Crippen molar-refractivity contribution >= 4 is 18.3 Å². The minimum Gasteiger partial charge on any atom is -0.349 e. The molecule has 0 fully saturated rings. The van der Waals surface area contributed by atoms with Gasteiger partial charge in [-0.05, 0) is 36.4 Å². The van der Waals surface area contributed by atoms with E-state index in [2.05, 4.69) is 36.3 Å². The zero-order valence-corrected chi connectivity index (χ0v) is 10.3. The Kier molecular flexibility index (Phi) is 4.12. The molecule has 0 saturated heterocycles. The van der Waals surface area contributed by atoms with Crippen LogP contribution in [0.15, 0.2) is 42.6 Å². The standard InChI is InChI=1S/C15H19N/c1-6-7-8-14-11-15(10-9-13(14)4)16(5)12(2)3/h6-11H,2,4H2,1,3,5H3/b7-6-,14-8-. The number of benzene rings is 1. The van der Waals surface area contributed by atoms with E-state index in [9.17, 15) is 0 Å². The molecule has 84 valence electrons. The Labute approximate surface area is 97.7 Å². The third-order valence-corrected chi connectivity index (χ3v) is 2.56. The molecule has 0 aliphatic heterocycles. The molecule has 0 aliphatic carbocycles. The molecule has 0 heterocycles.